The highest BCUT2D eigenvalue weighted by atomic mass is 16.1. The summed E-state index contributed by atoms with van der Waals surface area (Å²) in [4.78, 5) is 12.5. The van der Waals surface area contributed by atoms with Gasteiger partial charge in [-0.05, 0) is 48.5 Å². The summed E-state index contributed by atoms with van der Waals surface area (Å²) in [6, 6.07) is 24.7. The number of amides is 1. The third-order valence-corrected chi connectivity index (χ3v) is 4.43. The number of rotatable bonds is 6. The van der Waals surface area contributed by atoms with Gasteiger partial charge in [0.1, 0.15) is 0 Å². The van der Waals surface area contributed by atoms with Gasteiger partial charge < -0.3 is 5.32 Å². The van der Waals surface area contributed by atoms with E-state index in [1.807, 2.05) is 94.3 Å². The van der Waals surface area contributed by atoms with E-state index in [0.29, 0.717) is 5.69 Å². The highest BCUT2D eigenvalue weighted by molar-refractivity contribution is 5.90. The SMILES string of the molecule is C=Cn1c[n+](CC(=O)Nc2ccc(N=Nc3ccccc3)cc2)c2ccccc21. The minimum atomic E-state index is -0.111. The van der Waals surface area contributed by atoms with Crippen LogP contribution >= 0.6 is 0 Å². The summed E-state index contributed by atoms with van der Waals surface area (Å²) in [5.41, 5.74) is 4.19. The molecule has 4 rings (SSSR count). The van der Waals surface area contributed by atoms with Gasteiger partial charge in [0.25, 0.3) is 5.91 Å². The van der Waals surface area contributed by atoms with E-state index in [1.165, 1.54) is 0 Å². The first-order chi connectivity index (χ1) is 14.2. The molecule has 142 valence electrons. The van der Waals surface area contributed by atoms with Crippen molar-refractivity contribution in [3.05, 3.63) is 91.8 Å². The van der Waals surface area contributed by atoms with E-state index in [4.69, 9.17) is 0 Å². The molecule has 0 unspecified atom stereocenters. The van der Waals surface area contributed by atoms with Gasteiger partial charge in [-0.1, -0.05) is 36.9 Å². The number of carbonyl (C=O) groups is 1. The van der Waals surface area contributed by atoms with E-state index in [0.717, 1.165) is 22.4 Å². The third-order valence-electron chi connectivity index (χ3n) is 4.43. The number of imidazole rings is 1. The summed E-state index contributed by atoms with van der Waals surface area (Å²) in [5.74, 6) is -0.111. The second-order valence-corrected chi connectivity index (χ2v) is 6.45. The van der Waals surface area contributed by atoms with Crippen molar-refractivity contribution >= 4 is 40.2 Å². The van der Waals surface area contributed by atoms with Crippen LogP contribution in [0.25, 0.3) is 17.2 Å². The summed E-state index contributed by atoms with van der Waals surface area (Å²) in [6.45, 7) is 4.02. The second-order valence-electron chi connectivity index (χ2n) is 6.45. The van der Waals surface area contributed by atoms with E-state index in [9.17, 15) is 4.79 Å². The van der Waals surface area contributed by atoms with Gasteiger partial charge in [-0.2, -0.15) is 10.2 Å². The normalized spacial score (nSPS) is 11.0. The molecule has 6 nitrogen and oxygen atoms in total. The molecule has 0 bridgehead atoms. The molecule has 6 heteroatoms. The molecule has 1 amide bonds. The monoisotopic (exact) mass is 382 g/mol. The molecule has 0 saturated heterocycles. The van der Waals surface area contributed by atoms with Gasteiger partial charge >= 0.3 is 0 Å². The van der Waals surface area contributed by atoms with Crippen molar-refractivity contribution < 1.29 is 9.36 Å². The number of benzene rings is 3. The predicted molar refractivity (Wildman–Crippen MR) is 114 cm³/mol. The van der Waals surface area contributed by atoms with Gasteiger partial charge in [-0.25, -0.2) is 9.13 Å². The summed E-state index contributed by atoms with van der Waals surface area (Å²) in [7, 11) is 0. The number of anilines is 1. The topological polar surface area (TPSA) is 62.6 Å². The summed E-state index contributed by atoms with van der Waals surface area (Å²) >= 11 is 0. The smallest absolute Gasteiger partial charge is 0.266 e. The van der Waals surface area contributed by atoms with Gasteiger partial charge in [0.2, 0.25) is 6.33 Å². The molecule has 0 fully saturated rings. The lowest BCUT2D eigenvalue weighted by Crippen LogP contribution is -2.39. The number of carbonyl (C=O) groups excluding carboxylic acids is 1. The van der Waals surface area contributed by atoms with E-state index in [-0.39, 0.29) is 12.5 Å². The van der Waals surface area contributed by atoms with Crippen molar-refractivity contribution in [2.45, 2.75) is 6.54 Å². The summed E-state index contributed by atoms with van der Waals surface area (Å²) < 4.78 is 3.80. The van der Waals surface area contributed by atoms with Crippen LogP contribution in [0.3, 0.4) is 0 Å². The first kappa shape index (κ1) is 18.3. The molecule has 1 aromatic heterocycles. The molecule has 0 spiro atoms. The minimum Gasteiger partial charge on any atom is -0.323 e. The van der Waals surface area contributed by atoms with E-state index >= 15 is 0 Å². The lowest BCUT2D eigenvalue weighted by molar-refractivity contribution is -0.658. The Morgan fingerprint density at radius 1 is 0.931 bits per heavy atom. The molecule has 0 aliphatic heterocycles. The lowest BCUT2D eigenvalue weighted by atomic mass is 10.3. The molecular weight excluding hydrogens is 362 g/mol. The van der Waals surface area contributed by atoms with Crippen LogP contribution in [0.2, 0.25) is 0 Å². The molecule has 0 saturated carbocycles. The van der Waals surface area contributed by atoms with Crippen LogP contribution < -0.4 is 9.88 Å². The highest BCUT2D eigenvalue weighted by Crippen LogP contribution is 2.20. The van der Waals surface area contributed by atoms with Crippen molar-refractivity contribution in [3.63, 3.8) is 0 Å². The Kier molecular flexibility index (Phi) is 5.25. The number of para-hydroxylation sites is 2. The zero-order chi connectivity index (χ0) is 20.1. The number of fused-ring (bicyclic) bond motifs is 1. The molecule has 29 heavy (non-hydrogen) atoms. The molecule has 3 aromatic carbocycles. The number of hydrogen-bond acceptors (Lipinski definition) is 3. The fourth-order valence-electron chi connectivity index (χ4n) is 3.05. The van der Waals surface area contributed by atoms with E-state index in [2.05, 4.69) is 22.1 Å². The van der Waals surface area contributed by atoms with Crippen LogP contribution in [0.15, 0.2) is 102 Å². The van der Waals surface area contributed by atoms with Crippen LogP contribution in [0.1, 0.15) is 0 Å². The highest BCUT2D eigenvalue weighted by Gasteiger charge is 2.16. The standard InChI is InChI=1S/C23H19N5O/c1-2-27-17-28(22-11-7-6-10-21(22)27)16-23(29)24-18-12-14-20(15-13-18)26-25-19-8-4-3-5-9-19/h2-15,17H,1,16H2/p+1. The second kappa shape index (κ2) is 8.31. The lowest BCUT2D eigenvalue weighted by Gasteiger charge is -2.04. The Bertz CT molecular complexity index is 1180. The number of hydrogen-bond donors (Lipinski definition) is 1. The number of nitrogens with one attached hydrogen (secondary N) is 1. The fraction of sp³-hybridized carbons (Fsp3) is 0.0435. The maximum Gasteiger partial charge on any atom is 0.266 e. The fourth-order valence-corrected chi connectivity index (χ4v) is 3.05. The van der Waals surface area contributed by atoms with Gasteiger partial charge in [0.15, 0.2) is 17.6 Å². The van der Waals surface area contributed by atoms with Crippen molar-refractivity contribution in [2.75, 3.05) is 5.32 Å². The van der Waals surface area contributed by atoms with Crippen LogP contribution in [-0.4, -0.2) is 10.5 Å². The first-order valence-electron chi connectivity index (χ1n) is 9.21. The Hall–Kier alpha value is -4.06. The molecular formula is C23H20N5O+. The maximum atomic E-state index is 12.5. The summed E-state index contributed by atoms with van der Waals surface area (Å²) in [5, 5.41) is 11.3. The van der Waals surface area contributed by atoms with E-state index < -0.39 is 0 Å². The average molecular weight is 382 g/mol. The minimum absolute atomic E-state index is 0.111. The van der Waals surface area contributed by atoms with Crippen LogP contribution in [0.5, 0.6) is 0 Å². The molecule has 4 aromatic rings. The van der Waals surface area contributed by atoms with Crippen molar-refractivity contribution in [3.8, 4) is 0 Å². The first-order valence-corrected chi connectivity index (χ1v) is 9.21. The average Bonchev–Trinajstić information content (AvgIpc) is 3.11. The Morgan fingerprint density at radius 2 is 1.59 bits per heavy atom. The quantitative estimate of drug-likeness (QED) is 0.367. The van der Waals surface area contributed by atoms with Gasteiger partial charge in [0.05, 0.1) is 17.6 Å². The zero-order valence-electron chi connectivity index (χ0n) is 15.8. The molecule has 0 aliphatic rings. The predicted octanol–water partition coefficient (Wildman–Crippen LogP) is 5.08. The molecule has 1 heterocycles. The molecule has 1 N–H and O–H groups in total. The van der Waals surface area contributed by atoms with Gasteiger partial charge in [-0.15, -0.1) is 0 Å². The summed E-state index contributed by atoms with van der Waals surface area (Å²) in [6.07, 6.45) is 3.59. The van der Waals surface area contributed by atoms with Crippen LogP contribution in [0, 0.1) is 0 Å². The molecule has 0 radical (unpaired) electrons. The van der Waals surface area contributed by atoms with Crippen molar-refractivity contribution in [1.29, 1.82) is 0 Å². The molecule has 0 atom stereocenters. The van der Waals surface area contributed by atoms with Crippen molar-refractivity contribution in [1.82, 2.24) is 4.57 Å². The van der Waals surface area contributed by atoms with Crippen LogP contribution in [0.4, 0.5) is 17.1 Å². The van der Waals surface area contributed by atoms with Crippen LogP contribution in [-0.2, 0) is 11.3 Å². The van der Waals surface area contributed by atoms with Gasteiger partial charge in [-0.3, -0.25) is 4.79 Å². The maximum absolute atomic E-state index is 12.5. The zero-order valence-corrected chi connectivity index (χ0v) is 15.8. The Labute approximate surface area is 168 Å². The van der Waals surface area contributed by atoms with Crippen molar-refractivity contribution in [2.24, 2.45) is 10.2 Å². The number of azo groups is 1. The Balaban J connectivity index is 1.43. The van der Waals surface area contributed by atoms with Gasteiger partial charge in [0, 0.05) is 5.69 Å². The largest absolute Gasteiger partial charge is 0.323 e. The van der Waals surface area contributed by atoms with E-state index in [1.54, 1.807) is 6.20 Å². The Morgan fingerprint density at radius 3 is 2.31 bits per heavy atom. The molecule has 0 aliphatic carbocycles. The third kappa shape index (κ3) is 4.27. The number of aromatic nitrogens is 2. The number of nitrogens with zero attached hydrogens (tertiary/aromatic N) is 4.